The summed E-state index contributed by atoms with van der Waals surface area (Å²) in [5.74, 6) is -0.475. The van der Waals surface area contributed by atoms with E-state index in [-0.39, 0.29) is 37.8 Å². The van der Waals surface area contributed by atoms with Crippen LogP contribution in [0.1, 0.15) is 85.1 Å². The molecule has 14 heteroatoms. The third-order valence-electron chi connectivity index (χ3n) is 12.7. The van der Waals surface area contributed by atoms with Gasteiger partial charge < -0.3 is 19.8 Å². The van der Waals surface area contributed by atoms with E-state index in [0.717, 1.165) is 123 Å². The van der Waals surface area contributed by atoms with Gasteiger partial charge >= 0.3 is 0 Å². The van der Waals surface area contributed by atoms with Crippen molar-refractivity contribution in [1.29, 1.82) is 0 Å². The molecule has 6 heterocycles. The summed E-state index contributed by atoms with van der Waals surface area (Å²) in [6.07, 6.45) is 9.69. The first-order chi connectivity index (χ1) is 28.8. The molecule has 59 heavy (non-hydrogen) atoms. The monoisotopic (exact) mass is 807 g/mol. The first kappa shape index (κ1) is 40.8. The largest absolute Gasteiger partial charge is 0.395 e. The Morgan fingerprint density at radius 2 is 1.49 bits per heavy atom. The zero-order chi connectivity index (χ0) is 40.9. The number of nitrogens with zero attached hydrogens (tertiary/aromatic N) is 8. The number of unbranched alkanes of at least 4 members (excludes halogenated alkanes) is 6. The van der Waals surface area contributed by atoms with Crippen molar-refractivity contribution in [2.75, 3.05) is 81.9 Å². The summed E-state index contributed by atoms with van der Waals surface area (Å²) in [7, 11) is 0. The summed E-state index contributed by atoms with van der Waals surface area (Å²) in [5.41, 5.74) is 7.09. The molecule has 3 amide bonds. The zero-order valence-electron chi connectivity index (χ0n) is 34.4. The van der Waals surface area contributed by atoms with Crippen LogP contribution in [-0.4, -0.2) is 130 Å². The third kappa shape index (κ3) is 9.14. The number of aryl methyl sites for hydroxylation is 2. The van der Waals surface area contributed by atoms with Crippen LogP contribution in [0.2, 0.25) is 0 Å². The maximum absolute atomic E-state index is 14.8. The number of aliphatic hydroxyl groups excluding tert-OH is 1. The highest BCUT2D eigenvalue weighted by Crippen LogP contribution is 2.36. The molecule has 1 unspecified atom stereocenters. The van der Waals surface area contributed by atoms with Gasteiger partial charge in [0.2, 0.25) is 11.8 Å². The number of carbonyl (C=O) groups excluding carboxylic acids is 3. The van der Waals surface area contributed by atoms with E-state index in [1.807, 2.05) is 10.6 Å². The molecule has 314 valence electrons. The van der Waals surface area contributed by atoms with Gasteiger partial charge in [-0.15, -0.1) is 0 Å². The van der Waals surface area contributed by atoms with Gasteiger partial charge in [-0.05, 0) is 56.8 Å². The SMILES string of the molecule is Cc1nn2c(N3CCN(CCO)CC3)cc(CCCCCCCCCN3CCN(c4cc(F)cc5c4CN(C4CCC(=O)NC4=O)C5=O)CC3)nc2c1-c1ccccc1. The van der Waals surface area contributed by atoms with Crippen LogP contribution in [-0.2, 0) is 22.6 Å². The van der Waals surface area contributed by atoms with Crippen molar-refractivity contribution in [3.05, 3.63) is 76.9 Å². The van der Waals surface area contributed by atoms with Gasteiger partial charge in [0, 0.05) is 106 Å². The number of carbonyl (C=O) groups is 3. The number of hydrogen-bond donors (Lipinski definition) is 2. The van der Waals surface area contributed by atoms with Crippen LogP contribution in [0.3, 0.4) is 0 Å². The average molecular weight is 808 g/mol. The maximum Gasteiger partial charge on any atom is 0.255 e. The molecule has 13 nitrogen and oxygen atoms in total. The minimum Gasteiger partial charge on any atom is -0.395 e. The second-order valence-electron chi connectivity index (χ2n) is 16.6. The van der Waals surface area contributed by atoms with Gasteiger partial charge in [0.25, 0.3) is 5.91 Å². The first-order valence-electron chi connectivity index (χ1n) is 21.7. The van der Waals surface area contributed by atoms with Gasteiger partial charge in [-0.25, -0.2) is 9.37 Å². The number of piperazine rings is 2. The van der Waals surface area contributed by atoms with Crippen LogP contribution in [0.5, 0.6) is 0 Å². The summed E-state index contributed by atoms with van der Waals surface area (Å²) in [6.45, 7) is 11.1. The molecule has 2 N–H and O–H groups in total. The highest BCUT2D eigenvalue weighted by atomic mass is 19.1. The lowest BCUT2D eigenvalue weighted by molar-refractivity contribution is -0.136. The molecule has 0 spiro atoms. The van der Waals surface area contributed by atoms with Gasteiger partial charge in [-0.3, -0.25) is 29.5 Å². The maximum atomic E-state index is 14.8. The predicted octanol–water partition coefficient (Wildman–Crippen LogP) is 4.81. The van der Waals surface area contributed by atoms with E-state index >= 15 is 0 Å². The normalized spacial score (nSPS) is 19.3. The number of anilines is 2. The van der Waals surface area contributed by atoms with Gasteiger partial charge in [0.05, 0.1) is 12.3 Å². The molecule has 0 radical (unpaired) electrons. The van der Waals surface area contributed by atoms with Gasteiger partial charge in [0.15, 0.2) is 5.65 Å². The predicted molar refractivity (Wildman–Crippen MR) is 226 cm³/mol. The number of halogens is 1. The highest BCUT2D eigenvalue weighted by Gasteiger charge is 2.41. The molecular formula is C45H58FN9O4. The van der Waals surface area contributed by atoms with Crippen LogP contribution in [0, 0.1) is 12.7 Å². The third-order valence-corrected chi connectivity index (χ3v) is 12.7. The fourth-order valence-corrected chi connectivity index (χ4v) is 9.42. The molecule has 8 rings (SSSR count). The Hall–Kier alpha value is -4.92. The van der Waals surface area contributed by atoms with E-state index in [1.165, 1.54) is 49.1 Å². The van der Waals surface area contributed by atoms with Crippen LogP contribution >= 0.6 is 0 Å². The Morgan fingerprint density at radius 3 is 2.20 bits per heavy atom. The van der Waals surface area contributed by atoms with Crippen molar-refractivity contribution in [1.82, 2.24) is 34.6 Å². The second-order valence-corrected chi connectivity index (χ2v) is 16.6. The van der Waals surface area contributed by atoms with E-state index in [2.05, 4.69) is 62.2 Å². The quantitative estimate of drug-likeness (QED) is 0.120. The van der Waals surface area contributed by atoms with Gasteiger partial charge in [-0.2, -0.15) is 9.61 Å². The van der Waals surface area contributed by atoms with E-state index < -0.39 is 17.8 Å². The zero-order valence-corrected chi connectivity index (χ0v) is 34.4. The average Bonchev–Trinajstić information content (AvgIpc) is 3.75. The first-order valence-corrected chi connectivity index (χ1v) is 21.7. The number of β-amino-alcohol motifs (C(OH)–C–C–N with tert-alkyl or cyclic N) is 1. The molecule has 0 bridgehead atoms. The van der Waals surface area contributed by atoms with Crippen molar-refractivity contribution >= 4 is 34.9 Å². The molecule has 0 aliphatic carbocycles. The Balaban J connectivity index is 0.777. The molecular weight excluding hydrogens is 750 g/mol. The summed E-state index contributed by atoms with van der Waals surface area (Å²) >= 11 is 0. The second kappa shape index (κ2) is 18.6. The molecule has 0 saturated carbocycles. The van der Waals surface area contributed by atoms with Crippen LogP contribution in [0.4, 0.5) is 15.9 Å². The number of benzene rings is 2. The lowest BCUT2D eigenvalue weighted by Gasteiger charge is -2.37. The van der Waals surface area contributed by atoms with Gasteiger partial charge in [-0.1, -0.05) is 62.4 Å². The van der Waals surface area contributed by atoms with Crippen molar-refractivity contribution in [3.8, 4) is 11.1 Å². The van der Waals surface area contributed by atoms with Crippen LogP contribution < -0.4 is 15.1 Å². The number of aliphatic hydroxyl groups is 1. The van der Waals surface area contributed by atoms with Crippen molar-refractivity contribution in [2.45, 2.75) is 83.7 Å². The Bertz CT molecular complexity index is 2130. The molecule has 4 aromatic rings. The summed E-state index contributed by atoms with van der Waals surface area (Å²) in [4.78, 5) is 53.6. The number of rotatable bonds is 16. The number of fused-ring (bicyclic) bond motifs is 2. The number of hydrogen-bond acceptors (Lipinski definition) is 10. The Labute approximate surface area is 346 Å². The number of nitrogens with one attached hydrogen (secondary N) is 1. The summed E-state index contributed by atoms with van der Waals surface area (Å²) < 4.78 is 16.9. The molecule has 2 aromatic heterocycles. The fourth-order valence-electron chi connectivity index (χ4n) is 9.42. The minimum absolute atomic E-state index is 0.188. The van der Waals surface area contributed by atoms with Crippen molar-refractivity contribution in [2.24, 2.45) is 0 Å². The summed E-state index contributed by atoms with van der Waals surface area (Å²) in [6, 6.07) is 14.8. The van der Waals surface area contributed by atoms with Crippen LogP contribution in [0.15, 0.2) is 48.5 Å². The number of aromatic nitrogens is 3. The van der Waals surface area contributed by atoms with Crippen molar-refractivity contribution < 1.29 is 23.9 Å². The molecule has 2 aromatic carbocycles. The smallest absolute Gasteiger partial charge is 0.255 e. The number of piperidine rings is 1. The van der Waals surface area contributed by atoms with E-state index in [9.17, 15) is 23.9 Å². The standard InChI is InChI=1S/C45H58FN9O4/c1-32-42(33-12-8-7-9-13-33)43-47-35(30-41(55(43)49-32)53-24-20-51(21-25-53)26-27-56)14-10-5-3-2-4-6-11-17-50-18-22-52(23-19-50)39-29-34(46)28-36-37(39)31-54(45(36)59)38-15-16-40(57)48-44(38)58/h7-9,12-13,28-30,38,56H,2-6,10-11,14-27,31H2,1H3,(H,48,57,58). The Kier molecular flexibility index (Phi) is 12.8. The summed E-state index contributed by atoms with van der Waals surface area (Å²) in [5, 5.41) is 16.8. The van der Waals surface area contributed by atoms with Crippen LogP contribution in [0.25, 0.3) is 16.8 Å². The topological polar surface area (TPSA) is 130 Å². The molecule has 1 atom stereocenters. The lowest BCUT2D eigenvalue weighted by Crippen LogP contribution is -2.52. The van der Waals surface area contributed by atoms with E-state index in [0.29, 0.717) is 12.1 Å². The molecule has 4 aliphatic heterocycles. The highest BCUT2D eigenvalue weighted by molar-refractivity contribution is 6.06. The number of amides is 3. The van der Waals surface area contributed by atoms with E-state index in [4.69, 9.17) is 10.1 Å². The Morgan fingerprint density at radius 1 is 0.814 bits per heavy atom. The van der Waals surface area contributed by atoms with Crippen molar-refractivity contribution in [3.63, 3.8) is 0 Å². The number of imide groups is 1. The molecule has 3 saturated heterocycles. The molecule has 3 fully saturated rings. The van der Waals surface area contributed by atoms with Gasteiger partial charge in [0.1, 0.15) is 17.7 Å². The molecule has 4 aliphatic rings. The minimum atomic E-state index is -0.718. The fraction of sp³-hybridized carbons (Fsp3) is 0.533. The lowest BCUT2D eigenvalue weighted by atomic mass is 10.0. The van der Waals surface area contributed by atoms with E-state index in [1.54, 1.807) is 0 Å².